The van der Waals surface area contributed by atoms with E-state index in [4.69, 9.17) is 10.3 Å². The van der Waals surface area contributed by atoms with Gasteiger partial charge in [0.05, 0.1) is 5.69 Å². The van der Waals surface area contributed by atoms with Crippen molar-refractivity contribution >= 4 is 5.91 Å². The van der Waals surface area contributed by atoms with Gasteiger partial charge in [0.25, 0.3) is 5.91 Å². The Morgan fingerprint density at radius 2 is 2.33 bits per heavy atom. The van der Waals surface area contributed by atoms with Crippen LogP contribution < -0.4 is 5.73 Å². The van der Waals surface area contributed by atoms with Gasteiger partial charge < -0.3 is 15.2 Å². The minimum atomic E-state index is -0.0901. The van der Waals surface area contributed by atoms with Crippen molar-refractivity contribution in [2.75, 3.05) is 13.1 Å². The molecule has 1 amide bonds. The normalized spacial score (nSPS) is 19.8. The highest BCUT2D eigenvalue weighted by Gasteiger charge is 2.27. The zero-order valence-corrected chi connectivity index (χ0v) is 11.1. The van der Waals surface area contributed by atoms with E-state index >= 15 is 0 Å². The monoisotopic (exact) mass is 251 g/mol. The average molecular weight is 251 g/mol. The first-order valence-corrected chi connectivity index (χ1v) is 6.67. The zero-order chi connectivity index (χ0) is 13.1. The van der Waals surface area contributed by atoms with Gasteiger partial charge in [-0.15, -0.1) is 0 Å². The van der Waals surface area contributed by atoms with Crippen LogP contribution in [0.3, 0.4) is 0 Å². The summed E-state index contributed by atoms with van der Waals surface area (Å²) >= 11 is 0. The number of carbonyl (C=O) groups is 1. The molecule has 100 valence electrons. The molecule has 1 fully saturated rings. The van der Waals surface area contributed by atoms with Crippen LogP contribution in [-0.4, -0.2) is 35.1 Å². The molecule has 1 aromatic heterocycles. The first-order chi connectivity index (χ1) is 8.65. The van der Waals surface area contributed by atoms with Crippen LogP contribution >= 0.6 is 0 Å². The van der Waals surface area contributed by atoms with Crippen LogP contribution in [0, 0.1) is 0 Å². The van der Waals surface area contributed by atoms with E-state index < -0.39 is 0 Å². The fraction of sp³-hybridized carbons (Fsp3) is 0.692. The van der Waals surface area contributed by atoms with Crippen molar-refractivity contribution in [3.8, 4) is 0 Å². The Kier molecular flexibility index (Phi) is 4.01. The summed E-state index contributed by atoms with van der Waals surface area (Å²) in [6.07, 6.45) is 2.87. The van der Waals surface area contributed by atoms with Crippen molar-refractivity contribution < 1.29 is 9.32 Å². The van der Waals surface area contributed by atoms with Gasteiger partial charge in [-0.2, -0.15) is 0 Å². The predicted molar refractivity (Wildman–Crippen MR) is 68.3 cm³/mol. The third-order valence-electron chi connectivity index (χ3n) is 3.65. The highest BCUT2D eigenvalue weighted by molar-refractivity contribution is 5.91. The number of likely N-dealkylation sites (tertiary alicyclic amines) is 1. The topological polar surface area (TPSA) is 72.4 Å². The molecule has 0 unspecified atom stereocenters. The SMILES string of the molecule is CCC(CC)c1cc(C(=O)N2CC[C@H](N)C2)on1. The minimum Gasteiger partial charge on any atom is -0.351 e. The molecule has 5 nitrogen and oxygen atoms in total. The molecule has 2 N–H and O–H groups in total. The fourth-order valence-corrected chi connectivity index (χ4v) is 2.42. The predicted octanol–water partition coefficient (Wildman–Crippen LogP) is 1.75. The Bertz CT molecular complexity index is 412. The van der Waals surface area contributed by atoms with E-state index in [2.05, 4.69) is 19.0 Å². The molecule has 1 aliphatic heterocycles. The maximum Gasteiger partial charge on any atom is 0.292 e. The van der Waals surface area contributed by atoms with Crippen LogP contribution in [-0.2, 0) is 0 Å². The number of nitrogens with two attached hydrogens (primary N) is 1. The van der Waals surface area contributed by atoms with Crippen molar-refractivity contribution in [1.82, 2.24) is 10.1 Å². The molecule has 1 aliphatic rings. The van der Waals surface area contributed by atoms with Crippen molar-refractivity contribution in [2.24, 2.45) is 5.73 Å². The van der Waals surface area contributed by atoms with Crippen LogP contribution in [0.5, 0.6) is 0 Å². The van der Waals surface area contributed by atoms with E-state index in [9.17, 15) is 4.79 Å². The van der Waals surface area contributed by atoms with Crippen molar-refractivity contribution in [1.29, 1.82) is 0 Å². The highest BCUT2D eigenvalue weighted by atomic mass is 16.5. The number of nitrogens with zero attached hydrogens (tertiary/aromatic N) is 2. The summed E-state index contributed by atoms with van der Waals surface area (Å²) in [5.74, 6) is 0.620. The van der Waals surface area contributed by atoms with Gasteiger partial charge in [0.2, 0.25) is 5.76 Å². The van der Waals surface area contributed by atoms with E-state index in [1.807, 2.05) is 0 Å². The second-order valence-electron chi connectivity index (χ2n) is 4.93. The molecule has 2 heterocycles. The van der Waals surface area contributed by atoms with Gasteiger partial charge in [-0.1, -0.05) is 19.0 Å². The zero-order valence-electron chi connectivity index (χ0n) is 11.1. The van der Waals surface area contributed by atoms with Gasteiger partial charge in [-0.25, -0.2) is 0 Å². The Balaban J connectivity index is 2.07. The largest absolute Gasteiger partial charge is 0.351 e. The van der Waals surface area contributed by atoms with Gasteiger partial charge in [0, 0.05) is 31.1 Å². The summed E-state index contributed by atoms with van der Waals surface area (Å²) in [4.78, 5) is 13.9. The molecule has 0 aromatic carbocycles. The molecule has 0 bridgehead atoms. The average Bonchev–Trinajstić information content (AvgIpc) is 2.99. The molecule has 18 heavy (non-hydrogen) atoms. The van der Waals surface area contributed by atoms with Crippen LogP contribution in [0.2, 0.25) is 0 Å². The quantitative estimate of drug-likeness (QED) is 0.884. The summed E-state index contributed by atoms with van der Waals surface area (Å²) in [6, 6.07) is 1.87. The lowest BCUT2D eigenvalue weighted by atomic mass is 9.99. The number of hydrogen-bond donors (Lipinski definition) is 1. The third kappa shape index (κ3) is 2.56. The maximum atomic E-state index is 12.1. The molecule has 0 aliphatic carbocycles. The second-order valence-corrected chi connectivity index (χ2v) is 4.93. The van der Waals surface area contributed by atoms with Gasteiger partial charge >= 0.3 is 0 Å². The molecule has 0 spiro atoms. The smallest absolute Gasteiger partial charge is 0.292 e. The summed E-state index contributed by atoms with van der Waals surface area (Å²) in [5, 5.41) is 4.02. The number of amides is 1. The molecule has 1 atom stereocenters. The number of aromatic nitrogens is 1. The number of rotatable bonds is 4. The lowest BCUT2D eigenvalue weighted by molar-refractivity contribution is 0.0749. The molecule has 1 aromatic rings. The molecular weight excluding hydrogens is 230 g/mol. The molecular formula is C13H21N3O2. The van der Waals surface area contributed by atoms with Gasteiger partial charge in [0.15, 0.2) is 0 Å². The Morgan fingerprint density at radius 1 is 1.61 bits per heavy atom. The van der Waals surface area contributed by atoms with E-state index in [1.54, 1.807) is 11.0 Å². The first kappa shape index (κ1) is 13.1. The molecule has 5 heteroatoms. The summed E-state index contributed by atoms with van der Waals surface area (Å²) in [5.41, 5.74) is 6.68. The lowest BCUT2D eigenvalue weighted by Gasteiger charge is -2.12. The number of hydrogen-bond acceptors (Lipinski definition) is 4. The summed E-state index contributed by atoms with van der Waals surface area (Å²) in [7, 11) is 0. The summed E-state index contributed by atoms with van der Waals surface area (Å²) in [6.45, 7) is 5.55. The highest BCUT2D eigenvalue weighted by Crippen LogP contribution is 2.23. The van der Waals surface area contributed by atoms with Crippen molar-refractivity contribution in [3.63, 3.8) is 0 Å². The van der Waals surface area contributed by atoms with Crippen LogP contribution in [0.1, 0.15) is 55.3 Å². The molecule has 0 radical (unpaired) electrons. The number of carbonyl (C=O) groups excluding carboxylic acids is 1. The van der Waals surface area contributed by atoms with Crippen molar-refractivity contribution in [3.05, 3.63) is 17.5 Å². The van der Waals surface area contributed by atoms with Crippen LogP contribution in [0.25, 0.3) is 0 Å². The third-order valence-corrected chi connectivity index (χ3v) is 3.65. The van der Waals surface area contributed by atoms with E-state index in [0.29, 0.717) is 24.8 Å². The van der Waals surface area contributed by atoms with E-state index in [0.717, 1.165) is 25.0 Å². The second kappa shape index (κ2) is 5.52. The minimum absolute atomic E-state index is 0.0901. The lowest BCUT2D eigenvalue weighted by Crippen LogP contribution is -2.31. The van der Waals surface area contributed by atoms with Gasteiger partial charge in [-0.3, -0.25) is 4.79 Å². The molecule has 0 saturated carbocycles. The van der Waals surface area contributed by atoms with Crippen LogP contribution in [0.4, 0.5) is 0 Å². The Morgan fingerprint density at radius 3 is 2.89 bits per heavy atom. The maximum absolute atomic E-state index is 12.1. The van der Waals surface area contributed by atoms with E-state index in [1.165, 1.54) is 0 Å². The Labute approximate surface area is 107 Å². The molecule has 1 saturated heterocycles. The summed E-state index contributed by atoms with van der Waals surface area (Å²) < 4.78 is 5.18. The van der Waals surface area contributed by atoms with Gasteiger partial charge in [-0.05, 0) is 19.3 Å². The standard InChI is InChI=1S/C13H21N3O2/c1-3-9(4-2)11-7-12(18-15-11)13(17)16-6-5-10(14)8-16/h7,9-10H,3-6,8,14H2,1-2H3/t10-/m0/s1. The van der Waals surface area contributed by atoms with Crippen LogP contribution in [0.15, 0.2) is 10.6 Å². The van der Waals surface area contributed by atoms with E-state index in [-0.39, 0.29) is 11.9 Å². The fourth-order valence-electron chi connectivity index (χ4n) is 2.42. The molecule has 2 rings (SSSR count). The van der Waals surface area contributed by atoms with Gasteiger partial charge in [0.1, 0.15) is 0 Å². The van der Waals surface area contributed by atoms with Crippen molar-refractivity contribution in [2.45, 2.75) is 45.1 Å². The first-order valence-electron chi connectivity index (χ1n) is 6.67. The Hall–Kier alpha value is -1.36.